The van der Waals surface area contributed by atoms with E-state index in [0.717, 1.165) is 31.6 Å². The normalized spacial score (nSPS) is 15.3. The lowest BCUT2D eigenvalue weighted by Gasteiger charge is -2.22. The number of ether oxygens (including phenoxy) is 2. The second-order valence-corrected chi connectivity index (χ2v) is 8.31. The van der Waals surface area contributed by atoms with Gasteiger partial charge in [0.25, 0.3) is 0 Å². The summed E-state index contributed by atoms with van der Waals surface area (Å²) in [5.41, 5.74) is 5.79. The smallest absolute Gasteiger partial charge is 0.305 e. The van der Waals surface area contributed by atoms with E-state index in [4.69, 9.17) is 9.47 Å². The number of esters is 1. The SMILES string of the molecule is CCOC(=O)CCCOc1ccc2c(c1)CCc1ccccc1C2CCCN(C)C. The van der Waals surface area contributed by atoms with Crippen LogP contribution in [0.15, 0.2) is 42.5 Å². The van der Waals surface area contributed by atoms with Crippen LogP contribution in [0, 0.1) is 0 Å². The van der Waals surface area contributed by atoms with Gasteiger partial charge in [-0.3, -0.25) is 4.79 Å². The van der Waals surface area contributed by atoms with Crippen LogP contribution < -0.4 is 4.74 Å². The molecule has 0 saturated heterocycles. The van der Waals surface area contributed by atoms with Crippen LogP contribution in [0.5, 0.6) is 5.75 Å². The number of carbonyl (C=O) groups is 1. The Morgan fingerprint density at radius 1 is 1.03 bits per heavy atom. The quantitative estimate of drug-likeness (QED) is 0.410. The van der Waals surface area contributed by atoms with E-state index in [9.17, 15) is 4.79 Å². The topological polar surface area (TPSA) is 38.8 Å². The third-order valence-electron chi connectivity index (χ3n) is 5.78. The lowest BCUT2D eigenvalue weighted by Crippen LogP contribution is -2.14. The van der Waals surface area contributed by atoms with Gasteiger partial charge in [0.15, 0.2) is 0 Å². The molecule has 2 aromatic carbocycles. The first kappa shape index (κ1) is 22.4. The fourth-order valence-electron chi connectivity index (χ4n) is 4.33. The van der Waals surface area contributed by atoms with Crippen LogP contribution in [0.1, 0.15) is 60.8 Å². The summed E-state index contributed by atoms with van der Waals surface area (Å²) >= 11 is 0. The van der Waals surface area contributed by atoms with E-state index in [1.54, 1.807) is 0 Å². The molecule has 0 bridgehead atoms. The van der Waals surface area contributed by atoms with Crippen molar-refractivity contribution in [3.05, 3.63) is 64.7 Å². The molecule has 0 heterocycles. The number of hydrogen-bond donors (Lipinski definition) is 0. The van der Waals surface area contributed by atoms with Crippen molar-refractivity contribution in [1.82, 2.24) is 4.90 Å². The van der Waals surface area contributed by atoms with E-state index in [-0.39, 0.29) is 5.97 Å². The second kappa shape index (κ2) is 11.2. The molecule has 0 fully saturated rings. The number of benzene rings is 2. The van der Waals surface area contributed by atoms with Crippen LogP contribution in [-0.2, 0) is 22.4 Å². The fraction of sp³-hybridized carbons (Fsp3) is 0.500. The predicted octanol–water partition coefficient (Wildman–Crippen LogP) is 4.98. The molecular formula is C26H35NO3. The van der Waals surface area contributed by atoms with Crippen molar-refractivity contribution < 1.29 is 14.3 Å². The Balaban J connectivity index is 1.71. The molecule has 4 nitrogen and oxygen atoms in total. The van der Waals surface area contributed by atoms with Crippen LogP contribution in [0.4, 0.5) is 0 Å². The van der Waals surface area contributed by atoms with E-state index in [1.165, 1.54) is 28.7 Å². The number of carbonyl (C=O) groups excluding carboxylic acids is 1. The summed E-state index contributed by atoms with van der Waals surface area (Å²) in [5.74, 6) is 1.19. The maximum absolute atomic E-state index is 11.5. The van der Waals surface area contributed by atoms with Crippen molar-refractivity contribution in [1.29, 1.82) is 0 Å². The van der Waals surface area contributed by atoms with Crippen molar-refractivity contribution >= 4 is 5.97 Å². The first-order valence-electron chi connectivity index (χ1n) is 11.2. The summed E-state index contributed by atoms with van der Waals surface area (Å²) in [6.07, 6.45) is 5.52. The van der Waals surface area contributed by atoms with Gasteiger partial charge in [0.1, 0.15) is 5.75 Å². The van der Waals surface area contributed by atoms with Gasteiger partial charge in [-0.25, -0.2) is 0 Å². The zero-order chi connectivity index (χ0) is 21.3. The minimum atomic E-state index is -0.152. The standard InChI is InChI=1S/C26H35NO3/c1-4-29-26(28)12-8-18-30-22-15-16-24-21(19-22)14-13-20-9-5-6-10-23(20)25(24)11-7-17-27(2)3/h5-6,9-10,15-16,19,25H,4,7-8,11-14,17-18H2,1-3H3. The molecule has 0 amide bonds. The maximum atomic E-state index is 11.5. The Morgan fingerprint density at radius 2 is 1.80 bits per heavy atom. The summed E-state index contributed by atoms with van der Waals surface area (Å²) in [4.78, 5) is 13.7. The summed E-state index contributed by atoms with van der Waals surface area (Å²) in [6.45, 7) is 3.90. The Morgan fingerprint density at radius 3 is 2.60 bits per heavy atom. The molecule has 1 unspecified atom stereocenters. The molecule has 30 heavy (non-hydrogen) atoms. The summed E-state index contributed by atoms with van der Waals surface area (Å²) < 4.78 is 10.9. The van der Waals surface area contributed by atoms with Crippen LogP contribution in [0.2, 0.25) is 0 Å². The Labute approximate surface area is 181 Å². The van der Waals surface area contributed by atoms with Crippen LogP contribution in [-0.4, -0.2) is 44.7 Å². The molecule has 162 valence electrons. The lowest BCUT2D eigenvalue weighted by atomic mass is 9.84. The van der Waals surface area contributed by atoms with Gasteiger partial charge in [-0.2, -0.15) is 0 Å². The number of hydrogen-bond acceptors (Lipinski definition) is 4. The van der Waals surface area contributed by atoms with Gasteiger partial charge in [0.05, 0.1) is 13.2 Å². The molecule has 2 aromatic rings. The van der Waals surface area contributed by atoms with Gasteiger partial charge in [-0.1, -0.05) is 30.3 Å². The Bertz CT molecular complexity index is 831. The molecule has 4 heteroatoms. The minimum Gasteiger partial charge on any atom is -0.494 e. The lowest BCUT2D eigenvalue weighted by molar-refractivity contribution is -0.143. The van der Waals surface area contributed by atoms with Crippen molar-refractivity contribution in [3.8, 4) is 5.75 Å². The molecule has 1 atom stereocenters. The third-order valence-corrected chi connectivity index (χ3v) is 5.78. The number of nitrogens with zero attached hydrogens (tertiary/aromatic N) is 1. The molecule has 0 spiro atoms. The average Bonchev–Trinajstić information content (AvgIpc) is 2.88. The highest BCUT2D eigenvalue weighted by atomic mass is 16.5. The largest absolute Gasteiger partial charge is 0.494 e. The van der Waals surface area contributed by atoms with E-state index in [0.29, 0.717) is 32.0 Å². The van der Waals surface area contributed by atoms with Crippen LogP contribution in [0.25, 0.3) is 0 Å². The molecule has 0 radical (unpaired) electrons. The van der Waals surface area contributed by atoms with Gasteiger partial charge in [0.2, 0.25) is 0 Å². The molecular weight excluding hydrogens is 374 g/mol. The molecule has 0 aliphatic heterocycles. The number of rotatable bonds is 10. The molecule has 0 saturated carbocycles. The maximum Gasteiger partial charge on any atom is 0.305 e. The molecule has 0 aromatic heterocycles. The van der Waals surface area contributed by atoms with Crippen LogP contribution in [0.3, 0.4) is 0 Å². The zero-order valence-corrected chi connectivity index (χ0v) is 18.7. The monoisotopic (exact) mass is 409 g/mol. The average molecular weight is 410 g/mol. The van der Waals surface area contributed by atoms with E-state index < -0.39 is 0 Å². The van der Waals surface area contributed by atoms with Crippen molar-refractivity contribution in [2.24, 2.45) is 0 Å². The van der Waals surface area contributed by atoms with Crippen molar-refractivity contribution in [2.75, 3.05) is 33.9 Å². The predicted molar refractivity (Wildman–Crippen MR) is 121 cm³/mol. The Kier molecular flexibility index (Phi) is 8.32. The highest BCUT2D eigenvalue weighted by molar-refractivity contribution is 5.69. The van der Waals surface area contributed by atoms with Crippen molar-refractivity contribution in [3.63, 3.8) is 0 Å². The van der Waals surface area contributed by atoms with Gasteiger partial charge in [-0.05, 0) is 94.1 Å². The van der Waals surface area contributed by atoms with E-state index >= 15 is 0 Å². The molecule has 1 aliphatic rings. The van der Waals surface area contributed by atoms with Gasteiger partial charge in [0, 0.05) is 12.3 Å². The van der Waals surface area contributed by atoms with E-state index in [2.05, 4.69) is 61.5 Å². The first-order valence-corrected chi connectivity index (χ1v) is 11.2. The van der Waals surface area contributed by atoms with Gasteiger partial charge >= 0.3 is 5.97 Å². The van der Waals surface area contributed by atoms with Gasteiger partial charge < -0.3 is 14.4 Å². The molecule has 3 rings (SSSR count). The van der Waals surface area contributed by atoms with E-state index in [1.807, 2.05) is 6.92 Å². The molecule has 1 aliphatic carbocycles. The third kappa shape index (κ3) is 6.09. The molecule has 0 N–H and O–H groups in total. The van der Waals surface area contributed by atoms with Crippen molar-refractivity contribution in [2.45, 2.75) is 51.4 Å². The van der Waals surface area contributed by atoms with Gasteiger partial charge in [-0.15, -0.1) is 0 Å². The first-order chi connectivity index (χ1) is 14.6. The fourth-order valence-corrected chi connectivity index (χ4v) is 4.33. The summed E-state index contributed by atoms with van der Waals surface area (Å²) in [5, 5.41) is 0. The number of fused-ring (bicyclic) bond motifs is 2. The Hall–Kier alpha value is -2.33. The second-order valence-electron chi connectivity index (χ2n) is 8.31. The highest BCUT2D eigenvalue weighted by Gasteiger charge is 2.23. The number of aryl methyl sites for hydroxylation is 2. The summed E-state index contributed by atoms with van der Waals surface area (Å²) in [6, 6.07) is 15.5. The highest BCUT2D eigenvalue weighted by Crippen LogP contribution is 2.38. The summed E-state index contributed by atoms with van der Waals surface area (Å²) in [7, 11) is 4.28. The zero-order valence-electron chi connectivity index (χ0n) is 18.7. The van der Waals surface area contributed by atoms with Crippen LogP contribution >= 0.6 is 0 Å². The minimum absolute atomic E-state index is 0.152.